The van der Waals surface area contributed by atoms with Crippen LogP contribution in [-0.2, 0) is 9.47 Å². The second-order valence-electron chi connectivity index (χ2n) is 10.7. The van der Waals surface area contributed by atoms with E-state index < -0.39 is 0 Å². The molecule has 2 unspecified atom stereocenters. The van der Waals surface area contributed by atoms with Crippen molar-refractivity contribution in [1.82, 2.24) is 14.7 Å². The zero-order valence-corrected chi connectivity index (χ0v) is 20.4. The molecule has 7 nitrogen and oxygen atoms in total. The Kier molecular flexibility index (Phi) is 7.48. The zero-order chi connectivity index (χ0) is 22.8. The summed E-state index contributed by atoms with van der Waals surface area (Å²) >= 11 is 0. The molecule has 1 aliphatic carbocycles. The molecule has 5 aliphatic rings. The van der Waals surface area contributed by atoms with Crippen molar-refractivity contribution in [2.75, 3.05) is 46.0 Å². The van der Waals surface area contributed by atoms with Crippen LogP contribution in [0.5, 0.6) is 0 Å². The first-order valence-electron chi connectivity index (χ1n) is 13.6. The van der Waals surface area contributed by atoms with E-state index in [1.54, 1.807) is 5.57 Å². The highest BCUT2D eigenvalue weighted by molar-refractivity contribution is 5.67. The predicted molar refractivity (Wildman–Crippen MR) is 127 cm³/mol. The number of hydrogen-bond acceptors (Lipinski definition) is 6. The lowest BCUT2D eigenvalue weighted by Gasteiger charge is -2.45. The zero-order valence-electron chi connectivity index (χ0n) is 20.4. The summed E-state index contributed by atoms with van der Waals surface area (Å²) in [6, 6.07) is 1.03. The van der Waals surface area contributed by atoms with E-state index in [1.165, 1.54) is 25.0 Å². The molecule has 0 saturated carbocycles. The number of ether oxygens (including phenoxy) is 2. The number of carbonyl (C=O) groups is 1. The van der Waals surface area contributed by atoms with Crippen LogP contribution in [0, 0.1) is 11.8 Å². The highest BCUT2D eigenvalue weighted by atomic mass is 16.6. The highest BCUT2D eigenvalue weighted by Gasteiger charge is 2.47. The largest absolute Gasteiger partial charge is 0.450 e. The molecule has 4 aliphatic heterocycles. The lowest BCUT2D eigenvalue weighted by molar-refractivity contribution is -0.0587. The number of likely N-dealkylation sites (tertiary alicyclic amines) is 2. The monoisotopic (exact) mass is 461 g/mol. The van der Waals surface area contributed by atoms with Crippen LogP contribution >= 0.6 is 0 Å². The first-order chi connectivity index (χ1) is 16.2. The van der Waals surface area contributed by atoms with Gasteiger partial charge in [0.25, 0.3) is 0 Å². The summed E-state index contributed by atoms with van der Waals surface area (Å²) in [5, 5.41) is 11.6. The van der Waals surface area contributed by atoms with Gasteiger partial charge in [0, 0.05) is 63.1 Å². The molecule has 4 heterocycles. The number of aliphatic hydroxyl groups excluding tert-OH is 1. The lowest BCUT2D eigenvalue weighted by Crippen LogP contribution is -2.53. The number of aliphatic hydroxyl groups is 1. The molecular formula is C26H43N3O4. The first kappa shape index (κ1) is 23.4. The van der Waals surface area contributed by atoms with Gasteiger partial charge in [-0.15, -0.1) is 0 Å². The maximum absolute atomic E-state index is 12.0. The van der Waals surface area contributed by atoms with Crippen molar-refractivity contribution in [3.63, 3.8) is 0 Å². The van der Waals surface area contributed by atoms with Crippen molar-refractivity contribution in [3.8, 4) is 0 Å². The van der Waals surface area contributed by atoms with Gasteiger partial charge in [-0.05, 0) is 82.6 Å². The van der Waals surface area contributed by atoms with Crippen molar-refractivity contribution in [2.45, 2.75) is 89.4 Å². The van der Waals surface area contributed by atoms with Crippen LogP contribution in [0.1, 0.15) is 71.1 Å². The highest BCUT2D eigenvalue weighted by Crippen LogP contribution is 2.48. The van der Waals surface area contributed by atoms with Gasteiger partial charge in [0.15, 0.2) is 0 Å². The second-order valence-corrected chi connectivity index (χ2v) is 10.7. The Bertz CT molecular complexity index is 706. The third-order valence-corrected chi connectivity index (χ3v) is 8.97. The smallest absolute Gasteiger partial charge is 0.409 e. The third-order valence-electron chi connectivity index (χ3n) is 8.97. The van der Waals surface area contributed by atoms with E-state index in [0.717, 1.165) is 84.3 Å². The Morgan fingerprint density at radius 2 is 1.64 bits per heavy atom. The van der Waals surface area contributed by atoms with Gasteiger partial charge in [0.1, 0.15) is 6.23 Å². The Morgan fingerprint density at radius 3 is 2.33 bits per heavy atom. The van der Waals surface area contributed by atoms with Gasteiger partial charge < -0.3 is 29.3 Å². The quantitative estimate of drug-likeness (QED) is 0.690. The first-order valence-corrected chi connectivity index (χ1v) is 13.6. The number of allylic oxidation sites excluding steroid dienone is 1. The molecule has 0 aromatic heterocycles. The van der Waals surface area contributed by atoms with E-state index in [4.69, 9.17) is 9.47 Å². The van der Waals surface area contributed by atoms with Crippen LogP contribution in [0.25, 0.3) is 0 Å². The van der Waals surface area contributed by atoms with E-state index >= 15 is 0 Å². The van der Waals surface area contributed by atoms with Crippen molar-refractivity contribution in [1.29, 1.82) is 0 Å². The standard InChI is InChI=1S/C26H43N3O4/c1-2-33-26(31)28-15-7-20(8-16-28)27-13-9-21(10-14-27)29-23-6-4-3-5-22(23)24(25(29)30)19-11-17-32-18-12-19/h19-21,24-25,30H,2-18H2,1H3. The molecule has 7 heteroatoms. The number of piperidine rings is 2. The second kappa shape index (κ2) is 10.5. The van der Waals surface area contributed by atoms with E-state index in [-0.39, 0.29) is 12.3 Å². The fourth-order valence-corrected chi connectivity index (χ4v) is 7.28. The summed E-state index contributed by atoms with van der Waals surface area (Å²) < 4.78 is 10.8. The summed E-state index contributed by atoms with van der Waals surface area (Å²) in [4.78, 5) is 19.0. The SMILES string of the molecule is CCOC(=O)N1CCC(N2CCC(N3C4=C(CCCC4)C(C4CCOCC4)C3O)CC2)CC1. The van der Waals surface area contributed by atoms with Crippen LogP contribution < -0.4 is 0 Å². The van der Waals surface area contributed by atoms with Crippen LogP contribution in [0.15, 0.2) is 11.3 Å². The van der Waals surface area contributed by atoms with Gasteiger partial charge in [-0.3, -0.25) is 0 Å². The molecule has 3 saturated heterocycles. The molecule has 0 radical (unpaired) electrons. The summed E-state index contributed by atoms with van der Waals surface area (Å²) in [6.45, 7) is 7.82. The van der Waals surface area contributed by atoms with E-state index in [0.29, 0.717) is 30.5 Å². The summed E-state index contributed by atoms with van der Waals surface area (Å²) in [7, 11) is 0. The van der Waals surface area contributed by atoms with Gasteiger partial charge in [0.05, 0.1) is 6.61 Å². The van der Waals surface area contributed by atoms with Crippen LogP contribution in [0.3, 0.4) is 0 Å². The van der Waals surface area contributed by atoms with Gasteiger partial charge in [-0.25, -0.2) is 4.79 Å². The van der Waals surface area contributed by atoms with Gasteiger partial charge in [0.2, 0.25) is 0 Å². The molecule has 1 N–H and O–H groups in total. The number of hydrogen-bond donors (Lipinski definition) is 1. The van der Waals surface area contributed by atoms with E-state index in [1.807, 2.05) is 11.8 Å². The summed E-state index contributed by atoms with van der Waals surface area (Å²) in [5.41, 5.74) is 3.10. The topological polar surface area (TPSA) is 65.5 Å². The molecule has 33 heavy (non-hydrogen) atoms. The van der Waals surface area contributed by atoms with E-state index in [9.17, 15) is 9.90 Å². The molecule has 0 bridgehead atoms. The summed E-state index contributed by atoms with van der Waals surface area (Å²) in [6.07, 6.45) is 10.9. The Labute approximate surface area is 199 Å². The average molecular weight is 462 g/mol. The normalized spacial score (nSPS) is 31.2. The third kappa shape index (κ3) is 4.78. The molecule has 2 atom stereocenters. The maximum Gasteiger partial charge on any atom is 0.409 e. The van der Waals surface area contributed by atoms with Crippen LogP contribution in [0.4, 0.5) is 4.79 Å². The molecule has 0 aromatic carbocycles. The van der Waals surface area contributed by atoms with Crippen molar-refractivity contribution in [2.24, 2.45) is 11.8 Å². The van der Waals surface area contributed by atoms with Crippen molar-refractivity contribution in [3.05, 3.63) is 11.3 Å². The molecule has 5 rings (SSSR count). The summed E-state index contributed by atoms with van der Waals surface area (Å²) in [5.74, 6) is 0.904. The number of rotatable bonds is 4. The number of carbonyl (C=O) groups excluding carboxylic acids is 1. The fraction of sp³-hybridized carbons (Fsp3) is 0.885. The fourth-order valence-electron chi connectivity index (χ4n) is 7.28. The number of amides is 1. The lowest BCUT2D eigenvalue weighted by atomic mass is 9.78. The van der Waals surface area contributed by atoms with Crippen molar-refractivity contribution >= 4 is 6.09 Å². The molecular weight excluding hydrogens is 418 g/mol. The Hall–Kier alpha value is -1.31. The van der Waals surface area contributed by atoms with Gasteiger partial charge >= 0.3 is 6.09 Å². The minimum Gasteiger partial charge on any atom is -0.450 e. The predicted octanol–water partition coefficient (Wildman–Crippen LogP) is 3.58. The molecule has 0 aromatic rings. The number of nitrogens with zero attached hydrogens (tertiary/aromatic N) is 3. The van der Waals surface area contributed by atoms with E-state index in [2.05, 4.69) is 9.80 Å². The van der Waals surface area contributed by atoms with Gasteiger partial charge in [-0.2, -0.15) is 0 Å². The minimum absolute atomic E-state index is 0.159. The van der Waals surface area contributed by atoms with Crippen LogP contribution in [0.2, 0.25) is 0 Å². The molecule has 1 amide bonds. The molecule has 3 fully saturated rings. The van der Waals surface area contributed by atoms with Crippen LogP contribution in [-0.4, -0.2) is 90.2 Å². The molecule has 186 valence electrons. The minimum atomic E-state index is -0.333. The average Bonchev–Trinajstić information content (AvgIpc) is 3.16. The Morgan fingerprint density at radius 1 is 0.970 bits per heavy atom. The van der Waals surface area contributed by atoms with Crippen molar-refractivity contribution < 1.29 is 19.4 Å². The maximum atomic E-state index is 12.0. The molecule has 0 spiro atoms. The Balaban J connectivity index is 1.18. The van der Waals surface area contributed by atoms with Gasteiger partial charge in [-0.1, -0.05) is 0 Å².